The molecule has 0 unspecified atom stereocenters. The molecule has 130 valence electrons. The number of carbonyl (C=O) groups is 1. The normalized spacial score (nSPS) is 11.9. The van der Waals surface area contributed by atoms with Crippen molar-refractivity contribution in [1.29, 1.82) is 0 Å². The molecule has 0 spiro atoms. The molecular weight excluding hydrogens is 326 g/mol. The molecule has 25 heavy (non-hydrogen) atoms. The van der Waals surface area contributed by atoms with E-state index >= 15 is 0 Å². The number of halogens is 2. The largest absolute Gasteiger partial charge is 0.544 e. The Hall–Kier alpha value is -2.76. The van der Waals surface area contributed by atoms with Crippen LogP contribution < -0.4 is 5.11 Å². The first-order chi connectivity index (χ1) is 11.7. The Labute approximate surface area is 143 Å². The van der Waals surface area contributed by atoms with Crippen molar-refractivity contribution in [3.05, 3.63) is 64.3 Å². The van der Waals surface area contributed by atoms with Crippen LogP contribution in [0, 0.1) is 20.8 Å². The van der Waals surface area contributed by atoms with Gasteiger partial charge in [-0.05, 0) is 43.5 Å². The molecule has 0 N–H and O–H groups in total. The summed E-state index contributed by atoms with van der Waals surface area (Å²) in [4.78, 5) is 10.7. The van der Waals surface area contributed by atoms with Crippen molar-refractivity contribution in [2.75, 3.05) is 0 Å². The van der Waals surface area contributed by atoms with E-state index in [1.165, 1.54) is 12.1 Å². The van der Waals surface area contributed by atoms with E-state index in [1.807, 2.05) is 32.0 Å². The zero-order valence-corrected chi connectivity index (χ0v) is 14.1. The van der Waals surface area contributed by atoms with Gasteiger partial charge in [0.2, 0.25) is 0 Å². The van der Waals surface area contributed by atoms with Gasteiger partial charge in [-0.2, -0.15) is 13.9 Å². The molecule has 0 saturated carbocycles. The van der Waals surface area contributed by atoms with Crippen LogP contribution in [-0.2, 0) is 17.3 Å². The minimum absolute atomic E-state index is 0.420. The zero-order chi connectivity index (χ0) is 18.4. The number of benzene rings is 2. The fourth-order valence-corrected chi connectivity index (χ4v) is 3.02. The molecular formula is C19H17F2N2O2-. The molecule has 0 atom stereocenters. The van der Waals surface area contributed by atoms with Gasteiger partial charge < -0.3 is 9.90 Å². The molecule has 0 aliphatic heterocycles. The van der Waals surface area contributed by atoms with Crippen LogP contribution in [0.3, 0.4) is 0 Å². The third kappa shape index (κ3) is 2.88. The molecule has 0 fully saturated rings. The van der Waals surface area contributed by atoms with Gasteiger partial charge in [-0.15, -0.1) is 0 Å². The monoisotopic (exact) mass is 343 g/mol. The highest BCUT2D eigenvalue weighted by Crippen LogP contribution is 2.31. The van der Waals surface area contributed by atoms with Gasteiger partial charge in [0.05, 0.1) is 17.8 Å². The summed E-state index contributed by atoms with van der Waals surface area (Å²) in [6.07, 6.45) is 0. The van der Waals surface area contributed by atoms with Crippen LogP contribution in [-0.4, -0.2) is 15.7 Å². The first-order valence-electron chi connectivity index (χ1n) is 7.84. The number of nitrogens with zero attached hydrogens (tertiary/aromatic N) is 2. The summed E-state index contributed by atoms with van der Waals surface area (Å²) >= 11 is 0. The second-order valence-electron chi connectivity index (χ2n) is 6.21. The van der Waals surface area contributed by atoms with Crippen LogP contribution in [0.4, 0.5) is 8.78 Å². The summed E-state index contributed by atoms with van der Waals surface area (Å²) in [7, 11) is 0. The van der Waals surface area contributed by atoms with Crippen molar-refractivity contribution in [2.24, 2.45) is 0 Å². The Balaban J connectivity index is 2.14. The average Bonchev–Trinajstić information content (AvgIpc) is 2.86. The van der Waals surface area contributed by atoms with Gasteiger partial charge in [-0.1, -0.05) is 30.3 Å². The lowest BCUT2D eigenvalue weighted by atomic mass is 10.0. The Bertz CT molecular complexity index is 957. The Morgan fingerprint density at radius 3 is 2.40 bits per heavy atom. The summed E-state index contributed by atoms with van der Waals surface area (Å²) in [5.41, 5.74) is 3.78. The summed E-state index contributed by atoms with van der Waals surface area (Å²) in [5, 5.41) is 15.9. The number of aryl methyl sites for hydroxylation is 3. The number of carbonyl (C=O) groups excluding carboxylic acids is 1. The van der Waals surface area contributed by atoms with E-state index in [1.54, 1.807) is 11.6 Å². The van der Waals surface area contributed by atoms with Crippen LogP contribution in [0.5, 0.6) is 0 Å². The van der Waals surface area contributed by atoms with Crippen molar-refractivity contribution in [3.63, 3.8) is 0 Å². The molecule has 2 aromatic carbocycles. The maximum absolute atomic E-state index is 13.8. The Kier molecular flexibility index (Phi) is 4.06. The van der Waals surface area contributed by atoms with E-state index in [9.17, 15) is 18.7 Å². The Morgan fingerprint density at radius 2 is 1.80 bits per heavy atom. The van der Waals surface area contributed by atoms with Crippen molar-refractivity contribution in [2.45, 2.75) is 33.2 Å². The summed E-state index contributed by atoms with van der Waals surface area (Å²) in [6.45, 7) is 6.18. The average molecular weight is 343 g/mol. The van der Waals surface area contributed by atoms with Crippen LogP contribution >= 0.6 is 0 Å². The number of hydrogen-bond acceptors (Lipinski definition) is 3. The highest BCUT2D eigenvalue weighted by Gasteiger charge is 2.34. The summed E-state index contributed by atoms with van der Waals surface area (Å²) in [5.74, 6) is -6.46. The van der Waals surface area contributed by atoms with Crippen LogP contribution in [0.15, 0.2) is 36.4 Å². The minimum atomic E-state index is -4.05. The van der Waals surface area contributed by atoms with Crippen molar-refractivity contribution < 1.29 is 18.7 Å². The highest BCUT2D eigenvalue weighted by atomic mass is 19.3. The fraction of sp³-hybridized carbons (Fsp3) is 0.263. The molecule has 3 rings (SSSR count). The molecule has 0 aliphatic carbocycles. The maximum atomic E-state index is 13.8. The number of aromatic nitrogens is 2. The lowest BCUT2D eigenvalue weighted by Gasteiger charge is -2.18. The lowest BCUT2D eigenvalue weighted by molar-refractivity contribution is -0.331. The van der Waals surface area contributed by atoms with E-state index < -0.39 is 17.5 Å². The number of hydrogen-bond donors (Lipinski definition) is 0. The van der Waals surface area contributed by atoms with Crippen molar-refractivity contribution >= 4 is 16.9 Å². The number of carboxylic acids is 1. The van der Waals surface area contributed by atoms with E-state index in [2.05, 4.69) is 5.10 Å². The first-order valence-corrected chi connectivity index (χ1v) is 7.84. The van der Waals surface area contributed by atoms with Gasteiger partial charge in [0.1, 0.15) is 5.97 Å². The van der Waals surface area contributed by atoms with Gasteiger partial charge in [-0.3, -0.25) is 4.68 Å². The number of fused-ring (bicyclic) bond motifs is 1. The van der Waals surface area contributed by atoms with Gasteiger partial charge in [-0.25, -0.2) is 0 Å². The van der Waals surface area contributed by atoms with E-state index in [0.29, 0.717) is 23.1 Å². The van der Waals surface area contributed by atoms with Crippen LogP contribution in [0.25, 0.3) is 10.9 Å². The smallest absolute Gasteiger partial charge is 0.312 e. The number of aliphatic carboxylic acids is 1. The van der Waals surface area contributed by atoms with Crippen LogP contribution in [0.1, 0.15) is 27.9 Å². The SMILES string of the molecule is Cc1cccc(C)c1Cn1nc(C)c2ccc(C(F)(F)C(=O)[O-])cc21. The van der Waals surface area contributed by atoms with E-state index in [4.69, 9.17) is 0 Å². The van der Waals surface area contributed by atoms with Crippen molar-refractivity contribution in [1.82, 2.24) is 9.78 Å². The maximum Gasteiger partial charge on any atom is 0.312 e. The topological polar surface area (TPSA) is 58.0 Å². The molecule has 0 amide bonds. The second kappa shape index (κ2) is 5.95. The Morgan fingerprint density at radius 1 is 1.16 bits per heavy atom. The molecule has 0 bridgehead atoms. The summed E-state index contributed by atoms with van der Waals surface area (Å²) < 4.78 is 29.3. The van der Waals surface area contributed by atoms with Crippen LogP contribution in [0.2, 0.25) is 0 Å². The van der Waals surface area contributed by atoms with Gasteiger partial charge in [0, 0.05) is 10.9 Å². The minimum Gasteiger partial charge on any atom is -0.544 e. The third-order valence-corrected chi connectivity index (χ3v) is 4.51. The zero-order valence-electron chi connectivity index (χ0n) is 14.1. The molecule has 6 heteroatoms. The van der Waals surface area contributed by atoms with Crippen molar-refractivity contribution in [3.8, 4) is 0 Å². The van der Waals surface area contributed by atoms with E-state index in [-0.39, 0.29) is 0 Å². The standard InChI is InChI=1S/C19H18F2N2O2/c1-11-5-4-6-12(2)16(11)10-23-17-9-14(19(20,21)18(24)25)7-8-15(17)13(3)22-23/h4-9H,10H2,1-3H3,(H,24,25)/p-1. The molecule has 0 saturated heterocycles. The van der Waals surface area contributed by atoms with Gasteiger partial charge >= 0.3 is 5.92 Å². The molecule has 0 aliphatic rings. The molecule has 1 heterocycles. The van der Waals surface area contributed by atoms with Gasteiger partial charge in [0.15, 0.2) is 0 Å². The predicted octanol–water partition coefficient (Wildman–Crippen LogP) is 2.85. The lowest BCUT2D eigenvalue weighted by Crippen LogP contribution is -2.39. The molecule has 1 aromatic heterocycles. The second-order valence-corrected chi connectivity index (χ2v) is 6.21. The fourth-order valence-electron chi connectivity index (χ4n) is 3.02. The highest BCUT2D eigenvalue weighted by molar-refractivity contribution is 5.85. The third-order valence-electron chi connectivity index (χ3n) is 4.51. The summed E-state index contributed by atoms with van der Waals surface area (Å²) in [6, 6.07) is 9.69. The first kappa shape index (κ1) is 17.1. The number of carboxylic acid groups (broad SMARTS) is 1. The molecule has 0 radical (unpaired) electrons. The predicted molar refractivity (Wildman–Crippen MR) is 88.4 cm³/mol. The molecule has 4 nitrogen and oxygen atoms in total. The quantitative estimate of drug-likeness (QED) is 0.732. The number of alkyl halides is 2. The number of rotatable bonds is 4. The van der Waals surface area contributed by atoms with E-state index in [0.717, 1.165) is 22.8 Å². The molecule has 3 aromatic rings. The van der Waals surface area contributed by atoms with Gasteiger partial charge in [0.25, 0.3) is 0 Å².